The van der Waals surface area contributed by atoms with Crippen molar-refractivity contribution in [3.63, 3.8) is 0 Å². The van der Waals surface area contributed by atoms with Gasteiger partial charge >= 0.3 is 6.03 Å². The average molecular weight is 344 g/mol. The molecule has 0 saturated heterocycles. The Morgan fingerprint density at radius 2 is 1.52 bits per heavy atom. The molecule has 4 N–H and O–H groups in total. The zero-order chi connectivity index (χ0) is 18.2. The molecule has 4 amide bonds. The summed E-state index contributed by atoms with van der Waals surface area (Å²) in [6, 6.07) is 11.3. The highest BCUT2D eigenvalue weighted by Crippen LogP contribution is 2.14. The molecule has 0 radical (unpaired) electrons. The molecule has 0 aromatic heterocycles. The van der Waals surface area contributed by atoms with Crippen molar-refractivity contribution in [3.05, 3.63) is 54.3 Å². The molecule has 0 saturated carbocycles. The van der Waals surface area contributed by atoms with Crippen LogP contribution in [0.2, 0.25) is 0 Å². The molecule has 25 heavy (non-hydrogen) atoms. The number of anilines is 3. The summed E-state index contributed by atoms with van der Waals surface area (Å²) in [5.41, 5.74) is 1.43. The molecule has 0 heterocycles. The maximum Gasteiger partial charge on any atom is 0.319 e. The van der Waals surface area contributed by atoms with Crippen LogP contribution >= 0.6 is 0 Å². The van der Waals surface area contributed by atoms with Crippen LogP contribution in [0.15, 0.2) is 48.5 Å². The van der Waals surface area contributed by atoms with Crippen molar-refractivity contribution in [2.24, 2.45) is 0 Å². The second-order valence-corrected chi connectivity index (χ2v) is 5.12. The summed E-state index contributed by atoms with van der Waals surface area (Å²) in [6.45, 7) is 1.13. The average Bonchev–Trinajstić information content (AvgIpc) is 2.55. The fraction of sp³-hybridized carbons (Fsp3) is 0.118. The maximum absolute atomic E-state index is 12.8. The van der Waals surface area contributed by atoms with Crippen molar-refractivity contribution < 1.29 is 18.8 Å². The van der Waals surface area contributed by atoms with Gasteiger partial charge < -0.3 is 21.3 Å². The number of carbonyl (C=O) groups excluding carboxylic acids is 3. The van der Waals surface area contributed by atoms with Crippen molar-refractivity contribution in [3.8, 4) is 0 Å². The van der Waals surface area contributed by atoms with Gasteiger partial charge in [-0.3, -0.25) is 9.59 Å². The normalized spacial score (nSPS) is 9.84. The SMILES string of the molecule is CC(=O)Nc1cccc(NC(=O)NCC(=O)Nc2ccc(F)cc2)c1. The van der Waals surface area contributed by atoms with Gasteiger partial charge in [0.1, 0.15) is 5.82 Å². The quantitative estimate of drug-likeness (QED) is 0.671. The molecule has 0 bridgehead atoms. The predicted octanol–water partition coefficient (Wildman–Crippen LogP) is 2.54. The minimum Gasteiger partial charge on any atom is -0.329 e. The Morgan fingerprint density at radius 3 is 2.16 bits per heavy atom. The number of urea groups is 1. The van der Waals surface area contributed by atoms with E-state index >= 15 is 0 Å². The second kappa shape index (κ2) is 8.44. The molecule has 0 aliphatic rings. The van der Waals surface area contributed by atoms with E-state index in [1.54, 1.807) is 24.3 Å². The Morgan fingerprint density at radius 1 is 0.880 bits per heavy atom. The molecule has 0 atom stereocenters. The second-order valence-electron chi connectivity index (χ2n) is 5.12. The first-order valence-electron chi connectivity index (χ1n) is 7.40. The molecular weight excluding hydrogens is 327 g/mol. The largest absolute Gasteiger partial charge is 0.329 e. The molecule has 2 aromatic carbocycles. The van der Waals surface area contributed by atoms with E-state index in [1.165, 1.54) is 31.2 Å². The topological polar surface area (TPSA) is 99.3 Å². The molecule has 0 unspecified atom stereocenters. The highest BCUT2D eigenvalue weighted by molar-refractivity contribution is 5.97. The van der Waals surface area contributed by atoms with Crippen LogP contribution < -0.4 is 21.3 Å². The highest BCUT2D eigenvalue weighted by atomic mass is 19.1. The summed E-state index contributed by atoms with van der Waals surface area (Å²) in [4.78, 5) is 34.6. The monoisotopic (exact) mass is 344 g/mol. The molecule has 0 spiro atoms. The first-order valence-corrected chi connectivity index (χ1v) is 7.40. The Hall–Kier alpha value is -3.42. The molecular formula is C17H17FN4O3. The Bertz CT molecular complexity index is 778. The number of rotatable bonds is 5. The number of benzene rings is 2. The van der Waals surface area contributed by atoms with Crippen molar-refractivity contribution in [2.75, 3.05) is 22.5 Å². The molecule has 2 rings (SSSR count). The lowest BCUT2D eigenvalue weighted by Gasteiger charge is -2.10. The third kappa shape index (κ3) is 6.30. The summed E-state index contributed by atoms with van der Waals surface area (Å²) in [6.07, 6.45) is 0. The van der Waals surface area contributed by atoms with E-state index in [0.29, 0.717) is 17.1 Å². The summed E-state index contributed by atoms with van der Waals surface area (Å²) < 4.78 is 12.8. The van der Waals surface area contributed by atoms with Crippen molar-refractivity contribution in [2.45, 2.75) is 6.92 Å². The first-order chi connectivity index (χ1) is 11.9. The van der Waals surface area contributed by atoms with Crippen molar-refractivity contribution in [1.82, 2.24) is 5.32 Å². The lowest BCUT2D eigenvalue weighted by Crippen LogP contribution is -2.35. The number of nitrogens with one attached hydrogen (secondary N) is 4. The lowest BCUT2D eigenvalue weighted by molar-refractivity contribution is -0.115. The number of amides is 4. The summed E-state index contributed by atoms with van der Waals surface area (Å²) >= 11 is 0. The minimum absolute atomic E-state index is 0.223. The van der Waals surface area contributed by atoms with Gasteiger partial charge in [0.25, 0.3) is 0 Å². The van der Waals surface area contributed by atoms with Crippen LogP contribution in [0.25, 0.3) is 0 Å². The third-order valence-corrected chi connectivity index (χ3v) is 2.98. The zero-order valence-corrected chi connectivity index (χ0v) is 13.4. The van der Waals surface area contributed by atoms with Gasteiger partial charge in [-0.25, -0.2) is 9.18 Å². The standard InChI is InChI=1S/C17H17FN4O3/c1-11(23)20-14-3-2-4-15(9-14)22-17(25)19-10-16(24)21-13-7-5-12(18)6-8-13/h2-9H,10H2,1H3,(H,20,23)(H,21,24)(H2,19,22,25). The van der Waals surface area contributed by atoms with Gasteiger partial charge in [0.05, 0.1) is 6.54 Å². The number of halogens is 1. The number of carbonyl (C=O) groups is 3. The number of hydrogen-bond donors (Lipinski definition) is 4. The van der Waals surface area contributed by atoms with Crippen LogP contribution in [-0.4, -0.2) is 24.4 Å². The van der Waals surface area contributed by atoms with Gasteiger partial charge in [0.2, 0.25) is 11.8 Å². The van der Waals surface area contributed by atoms with Crippen LogP contribution in [0.3, 0.4) is 0 Å². The predicted molar refractivity (Wildman–Crippen MR) is 92.8 cm³/mol. The Balaban J connectivity index is 1.81. The molecule has 0 aliphatic heterocycles. The molecule has 7 nitrogen and oxygen atoms in total. The minimum atomic E-state index is -0.575. The molecule has 2 aromatic rings. The molecule has 130 valence electrons. The summed E-state index contributed by atoms with van der Waals surface area (Å²) in [5, 5.41) is 10.1. The van der Waals surface area contributed by atoms with E-state index in [0.717, 1.165) is 0 Å². The van der Waals surface area contributed by atoms with Crippen LogP contribution in [0.5, 0.6) is 0 Å². The summed E-state index contributed by atoms with van der Waals surface area (Å²) in [5.74, 6) is -1.08. The van der Waals surface area contributed by atoms with E-state index in [1.807, 2.05) is 0 Å². The molecule has 0 aliphatic carbocycles. The first kappa shape index (κ1) is 17.9. The van der Waals surface area contributed by atoms with Crippen LogP contribution in [-0.2, 0) is 9.59 Å². The van der Waals surface area contributed by atoms with Gasteiger partial charge in [-0.2, -0.15) is 0 Å². The van der Waals surface area contributed by atoms with Gasteiger partial charge in [-0.15, -0.1) is 0 Å². The Kier molecular flexibility index (Phi) is 6.05. The number of hydrogen-bond acceptors (Lipinski definition) is 3. The van der Waals surface area contributed by atoms with E-state index in [-0.39, 0.29) is 12.5 Å². The lowest BCUT2D eigenvalue weighted by atomic mass is 10.2. The maximum atomic E-state index is 12.8. The van der Waals surface area contributed by atoms with E-state index in [9.17, 15) is 18.8 Å². The molecule has 8 heteroatoms. The van der Waals surface area contributed by atoms with E-state index in [2.05, 4.69) is 21.3 Å². The highest BCUT2D eigenvalue weighted by Gasteiger charge is 2.07. The third-order valence-electron chi connectivity index (χ3n) is 2.98. The fourth-order valence-corrected chi connectivity index (χ4v) is 1.95. The van der Waals surface area contributed by atoms with Crippen LogP contribution in [0.1, 0.15) is 6.92 Å². The van der Waals surface area contributed by atoms with Gasteiger partial charge in [-0.05, 0) is 42.5 Å². The zero-order valence-electron chi connectivity index (χ0n) is 13.4. The van der Waals surface area contributed by atoms with Crippen molar-refractivity contribution >= 4 is 34.9 Å². The van der Waals surface area contributed by atoms with Crippen molar-refractivity contribution in [1.29, 1.82) is 0 Å². The Labute approximate surface area is 143 Å². The smallest absolute Gasteiger partial charge is 0.319 e. The fourth-order valence-electron chi connectivity index (χ4n) is 1.95. The van der Waals surface area contributed by atoms with E-state index < -0.39 is 17.8 Å². The van der Waals surface area contributed by atoms with Gasteiger partial charge in [0.15, 0.2) is 0 Å². The van der Waals surface area contributed by atoms with Gasteiger partial charge in [0, 0.05) is 24.0 Å². The van der Waals surface area contributed by atoms with E-state index in [4.69, 9.17) is 0 Å². The summed E-state index contributed by atoms with van der Waals surface area (Å²) in [7, 11) is 0. The molecule has 0 fully saturated rings. The van der Waals surface area contributed by atoms with Crippen LogP contribution in [0.4, 0.5) is 26.2 Å². The van der Waals surface area contributed by atoms with Crippen LogP contribution in [0, 0.1) is 5.82 Å². The van der Waals surface area contributed by atoms with Gasteiger partial charge in [-0.1, -0.05) is 6.07 Å².